The number of methoxy groups -OCH3 is 2. The first kappa shape index (κ1) is 20.8. The lowest BCUT2D eigenvalue weighted by atomic mass is 10.0. The number of likely N-dealkylation sites (tertiary alicyclic amines) is 1. The molecule has 1 aliphatic rings. The van der Waals surface area contributed by atoms with Crippen molar-refractivity contribution in [1.29, 1.82) is 0 Å². The minimum atomic E-state index is -0.147. The van der Waals surface area contributed by atoms with Gasteiger partial charge in [0.05, 0.1) is 43.6 Å². The Morgan fingerprint density at radius 1 is 1.23 bits per heavy atom. The molecule has 1 aliphatic heterocycles. The zero-order valence-electron chi connectivity index (χ0n) is 18.2. The zero-order valence-corrected chi connectivity index (χ0v) is 18.2. The predicted octanol–water partition coefficient (Wildman–Crippen LogP) is 3.67. The smallest absolute Gasteiger partial charge is 0.227 e. The number of hydrogen-bond acceptors (Lipinski definition) is 7. The first-order valence-electron chi connectivity index (χ1n) is 10.3. The van der Waals surface area contributed by atoms with Gasteiger partial charge < -0.3 is 18.9 Å². The number of hydrogen-bond donors (Lipinski definition) is 0. The van der Waals surface area contributed by atoms with Crippen LogP contribution in [0.1, 0.15) is 41.7 Å². The number of benzene rings is 1. The maximum Gasteiger partial charge on any atom is 0.227 e. The molecule has 3 heterocycles. The third-order valence-corrected chi connectivity index (χ3v) is 5.55. The summed E-state index contributed by atoms with van der Waals surface area (Å²) in [6.07, 6.45) is 3.71. The fraction of sp³-hybridized carbons (Fsp3) is 0.391. The number of amides is 1. The number of rotatable bonds is 6. The number of aryl methyl sites for hydroxylation is 2. The Morgan fingerprint density at radius 2 is 2.06 bits per heavy atom. The molecule has 4 rings (SSSR count). The molecule has 0 aliphatic carbocycles. The summed E-state index contributed by atoms with van der Waals surface area (Å²) < 4.78 is 16.2. The van der Waals surface area contributed by atoms with Crippen molar-refractivity contribution in [2.45, 2.75) is 39.2 Å². The van der Waals surface area contributed by atoms with E-state index in [0.717, 1.165) is 35.4 Å². The van der Waals surface area contributed by atoms with Crippen molar-refractivity contribution in [3.05, 3.63) is 53.2 Å². The highest BCUT2D eigenvalue weighted by Crippen LogP contribution is 2.37. The lowest BCUT2D eigenvalue weighted by Gasteiger charge is -2.26. The third kappa shape index (κ3) is 4.23. The fourth-order valence-corrected chi connectivity index (χ4v) is 4.06. The van der Waals surface area contributed by atoms with Crippen LogP contribution in [0, 0.1) is 13.8 Å². The van der Waals surface area contributed by atoms with Crippen LogP contribution < -0.4 is 9.47 Å². The maximum atomic E-state index is 13.4. The molecule has 1 atom stereocenters. The summed E-state index contributed by atoms with van der Waals surface area (Å²) in [6.45, 7) is 4.39. The highest BCUT2D eigenvalue weighted by atomic mass is 16.5. The Kier molecular flexibility index (Phi) is 5.88. The van der Waals surface area contributed by atoms with Crippen molar-refractivity contribution < 1.29 is 18.8 Å². The summed E-state index contributed by atoms with van der Waals surface area (Å²) in [7, 11) is 3.21. The summed E-state index contributed by atoms with van der Waals surface area (Å²) in [5.41, 5.74) is 3.15. The topological polar surface area (TPSA) is 90.6 Å². The molecule has 1 saturated heterocycles. The molecule has 1 aromatic carbocycles. The summed E-state index contributed by atoms with van der Waals surface area (Å²) in [4.78, 5) is 24.3. The molecule has 1 amide bonds. The molecule has 162 valence electrons. The van der Waals surface area contributed by atoms with Crippen LogP contribution in [-0.2, 0) is 11.2 Å². The summed E-state index contributed by atoms with van der Waals surface area (Å²) in [6, 6.07) is 7.20. The molecule has 0 radical (unpaired) electrons. The molecule has 1 unspecified atom stereocenters. The Morgan fingerprint density at radius 3 is 2.77 bits per heavy atom. The number of ether oxygens (including phenoxy) is 2. The minimum absolute atomic E-state index is 0.0185. The first-order chi connectivity index (χ1) is 15.0. The molecule has 0 bridgehead atoms. The normalized spacial score (nSPS) is 15.9. The number of carbonyl (C=O) groups is 1. The van der Waals surface area contributed by atoms with Gasteiger partial charge in [0.15, 0.2) is 5.76 Å². The summed E-state index contributed by atoms with van der Waals surface area (Å²) >= 11 is 0. The Labute approximate surface area is 181 Å². The number of aromatic nitrogens is 3. The maximum absolute atomic E-state index is 13.4. The molecular weight excluding hydrogens is 396 g/mol. The van der Waals surface area contributed by atoms with E-state index in [-0.39, 0.29) is 18.4 Å². The van der Waals surface area contributed by atoms with Gasteiger partial charge >= 0.3 is 0 Å². The molecule has 0 spiro atoms. The highest BCUT2D eigenvalue weighted by Gasteiger charge is 2.34. The van der Waals surface area contributed by atoms with Crippen molar-refractivity contribution in [3.8, 4) is 22.8 Å². The van der Waals surface area contributed by atoms with E-state index in [9.17, 15) is 4.79 Å². The van der Waals surface area contributed by atoms with Crippen molar-refractivity contribution in [2.75, 3.05) is 20.8 Å². The highest BCUT2D eigenvalue weighted by molar-refractivity contribution is 5.81. The van der Waals surface area contributed by atoms with Gasteiger partial charge in [-0.3, -0.25) is 4.79 Å². The lowest BCUT2D eigenvalue weighted by molar-refractivity contribution is -0.131. The minimum Gasteiger partial charge on any atom is -0.497 e. The molecule has 8 nitrogen and oxygen atoms in total. The van der Waals surface area contributed by atoms with Crippen molar-refractivity contribution in [3.63, 3.8) is 0 Å². The number of carbonyl (C=O) groups excluding carboxylic acids is 1. The van der Waals surface area contributed by atoms with Crippen molar-refractivity contribution >= 4 is 5.91 Å². The predicted molar refractivity (Wildman–Crippen MR) is 114 cm³/mol. The van der Waals surface area contributed by atoms with Gasteiger partial charge in [-0.2, -0.15) is 0 Å². The van der Waals surface area contributed by atoms with Crippen LogP contribution in [-0.4, -0.2) is 46.7 Å². The van der Waals surface area contributed by atoms with Gasteiger partial charge in [-0.25, -0.2) is 9.97 Å². The van der Waals surface area contributed by atoms with E-state index in [1.54, 1.807) is 20.4 Å². The van der Waals surface area contributed by atoms with E-state index in [4.69, 9.17) is 19.0 Å². The first-order valence-corrected chi connectivity index (χ1v) is 10.3. The van der Waals surface area contributed by atoms with Gasteiger partial charge in [0, 0.05) is 24.4 Å². The van der Waals surface area contributed by atoms with E-state index in [1.807, 2.05) is 43.0 Å². The van der Waals surface area contributed by atoms with Gasteiger partial charge in [-0.1, -0.05) is 5.16 Å². The zero-order chi connectivity index (χ0) is 22.0. The molecular formula is C23H26N4O4. The Balaban J connectivity index is 1.65. The molecule has 3 aromatic rings. The molecule has 2 aromatic heterocycles. The largest absolute Gasteiger partial charge is 0.497 e. The van der Waals surface area contributed by atoms with E-state index < -0.39 is 0 Å². The Hall–Kier alpha value is -3.42. The Bertz CT molecular complexity index is 1090. The van der Waals surface area contributed by atoms with Crippen LogP contribution in [0.5, 0.6) is 11.5 Å². The molecule has 0 N–H and O–H groups in total. The third-order valence-electron chi connectivity index (χ3n) is 5.55. The van der Waals surface area contributed by atoms with Gasteiger partial charge in [-0.05, 0) is 44.9 Å². The van der Waals surface area contributed by atoms with Crippen LogP contribution in [0.25, 0.3) is 11.3 Å². The van der Waals surface area contributed by atoms with Crippen LogP contribution in [0.3, 0.4) is 0 Å². The van der Waals surface area contributed by atoms with E-state index >= 15 is 0 Å². The average Bonchev–Trinajstić information content (AvgIpc) is 3.43. The lowest BCUT2D eigenvalue weighted by Crippen LogP contribution is -2.32. The standard InChI is InChI=1S/C23H26N4O4/c1-14-10-21(31-26-14)18-13-24-15(2)25-23(18)19-6-5-9-27(19)22(28)12-16-11-17(29-3)7-8-20(16)30-4/h7-8,10-11,13,19H,5-6,9,12H2,1-4H3. The molecule has 31 heavy (non-hydrogen) atoms. The van der Waals surface area contributed by atoms with E-state index in [2.05, 4.69) is 10.1 Å². The number of nitrogens with zero attached hydrogens (tertiary/aromatic N) is 4. The van der Waals surface area contributed by atoms with Gasteiger partial charge in [0.2, 0.25) is 5.91 Å². The fourth-order valence-electron chi connectivity index (χ4n) is 4.06. The van der Waals surface area contributed by atoms with E-state index in [0.29, 0.717) is 29.6 Å². The molecule has 0 saturated carbocycles. The van der Waals surface area contributed by atoms with Crippen LogP contribution in [0.15, 0.2) is 35.0 Å². The average molecular weight is 422 g/mol. The molecule has 1 fully saturated rings. The van der Waals surface area contributed by atoms with Gasteiger partial charge in [0.1, 0.15) is 17.3 Å². The quantitative estimate of drug-likeness (QED) is 0.598. The second kappa shape index (κ2) is 8.75. The van der Waals surface area contributed by atoms with Crippen LogP contribution in [0.4, 0.5) is 0 Å². The summed E-state index contributed by atoms with van der Waals surface area (Å²) in [5, 5.41) is 3.99. The van der Waals surface area contributed by atoms with Gasteiger partial charge in [-0.15, -0.1) is 0 Å². The van der Waals surface area contributed by atoms with Crippen LogP contribution in [0.2, 0.25) is 0 Å². The monoisotopic (exact) mass is 422 g/mol. The second-order valence-electron chi connectivity index (χ2n) is 7.65. The van der Waals surface area contributed by atoms with Gasteiger partial charge in [0.25, 0.3) is 0 Å². The summed E-state index contributed by atoms with van der Waals surface area (Å²) in [5.74, 6) is 2.65. The van der Waals surface area contributed by atoms with Crippen molar-refractivity contribution in [1.82, 2.24) is 20.0 Å². The van der Waals surface area contributed by atoms with Crippen LogP contribution >= 0.6 is 0 Å². The SMILES string of the molecule is COc1ccc(OC)c(CC(=O)N2CCCC2c2nc(C)ncc2-c2cc(C)no2)c1. The van der Waals surface area contributed by atoms with Crippen molar-refractivity contribution in [2.24, 2.45) is 0 Å². The van der Waals surface area contributed by atoms with E-state index in [1.165, 1.54) is 0 Å². The second-order valence-corrected chi connectivity index (χ2v) is 7.65. The molecule has 8 heteroatoms.